The van der Waals surface area contributed by atoms with Gasteiger partial charge in [-0.25, -0.2) is 0 Å². The van der Waals surface area contributed by atoms with E-state index in [0.29, 0.717) is 6.42 Å². The third kappa shape index (κ3) is 3.88. The fourth-order valence-electron chi connectivity index (χ4n) is 2.36. The number of carbonyl (C=O) groups is 1. The molecule has 1 amide bonds. The molecule has 1 saturated carbocycles. The number of carbonyl (C=O) groups excluding carboxylic acids is 1. The molecule has 20 heavy (non-hydrogen) atoms. The van der Waals surface area contributed by atoms with Gasteiger partial charge in [0.05, 0.1) is 0 Å². The summed E-state index contributed by atoms with van der Waals surface area (Å²) < 4.78 is 37.4. The molecule has 0 aliphatic heterocycles. The summed E-state index contributed by atoms with van der Waals surface area (Å²) in [5, 5.41) is 0. The quantitative estimate of drug-likeness (QED) is 0.763. The van der Waals surface area contributed by atoms with Crippen molar-refractivity contribution in [2.45, 2.75) is 18.5 Å². The van der Waals surface area contributed by atoms with Crippen molar-refractivity contribution in [3.63, 3.8) is 0 Å². The molecule has 6 heteroatoms. The Balaban J connectivity index is 2.00. The Labute approximate surface area is 120 Å². The zero-order valence-corrected chi connectivity index (χ0v) is 11.5. The van der Waals surface area contributed by atoms with Crippen LogP contribution in [0.5, 0.6) is 0 Å². The molecule has 1 aliphatic rings. The summed E-state index contributed by atoms with van der Waals surface area (Å²) in [5.41, 5.74) is 1.00. The van der Waals surface area contributed by atoms with Gasteiger partial charge < -0.3 is 4.90 Å². The molecule has 1 aliphatic carbocycles. The Hall–Kier alpha value is -1.23. The molecule has 0 radical (unpaired) electrons. The molecule has 0 N–H and O–H groups in total. The van der Waals surface area contributed by atoms with Crippen LogP contribution in [0, 0.1) is 5.92 Å². The van der Waals surface area contributed by atoms with Crippen LogP contribution in [0.15, 0.2) is 30.3 Å². The zero-order chi connectivity index (χ0) is 14.8. The molecular formula is C14H15ClF3NO. The fraction of sp³-hybridized carbons (Fsp3) is 0.500. The van der Waals surface area contributed by atoms with Gasteiger partial charge in [-0.3, -0.25) is 4.79 Å². The Morgan fingerprint density at radius 3 is 2.50 bits per heavy atom. The smallest absolute Gasteiger partial charge is 0.332 e. The van der Waals surface area contributed by atoms with Crippen LogP contribution in [-0.2, 0) is 4.79 Å². The molecule has 110 valence electrons. The Morgan fingerprint density at radius 2 is 1.95 bits per heavy atom. The number of alkyl halides is 4. The molecular weight excluding hydrogens is 291 g/mol. The van der Waals surface area contributed by atoms with Gasteiger partial charge in [0.25, 0.3) is 0 Å². The Bertz CT molecular complexity index is 463. The summed E-state index contributed by atoms with van der Waals surface area (Å²) in [6.45, 7) is -1.30. The molecule has 2 rings (SSSR count). The number of nitrogens with zero attached hydrogens (tertiary/aromatic N) is 1. The summed E-state index contributed by atoms with van der Waals surface area (Å²) in [6.07, 6.45) is -3.78. The third-order valence-corrected chi connectivity index (χ3v) is 3.54. The number of benzene rings is 1. The van der Waals surface area contributed by atoms with E-state index in [1.54, 1.807) is 0 Å². The van der Waals surface area contributed by atoms with E-state index in [1.807, 2.05) is 30.3 Å². The average Bonchev–Trinajstić information content (AvgIpc) is 3.17. The van der Waals surface area contributed by atoms with Crippen LogP contribution in [-0.4, -0.2) is 36.0 Å². The van der Waals surface area contributed by atoms with E-state index in [4.69, 9.17) is 11.6 Å². The first-order valence-corrected chi connectivity index (χ1v) is 6.92. The van der Waals surface area contributed by atoms with E-state index in [9.17, 15) is 18.0 Å². The van der Waals surface area contributed by atoms with Crippen LogP contribution in [0.2, 0.25) is 0 Å². The molecule has 0 spiro atoms. The second-order valence-corrected chi connectivity index (χ2v) is 5.30. The summed E-state index contributed by atoms with van der Waals surface area (Å²) in [5.74, 6) is -0.751. The minimum Gasteiger partial charge on any atom is -0.332 e. The maximum atomic E-state index is 12.5. The van der Waals surface area contributed by atoms with Gasteiger partial charge in [0.15, 0.2) is 0 Å². The highest BCUT2D eigenvalue weighted by molar-refractivity contribution is 6.18. The van der Waals surface area contributed by atoms with Gasteiger partial charge in [-0.2, -0.15) is 13.2 Å². The van der Waals surface area contributed by atoms with Gasteiger partial charge in [0.1, 0.15) is 6.54 Å². The van der Waals surface area contributed by atoms with Crippen molar-refractivity contribution in [3.05, 3.63) is 35.9 Å². The highest BCUT2D eigenvalue weighted by atomic mass is 35.5. The van der Waals surface area contributed by atoms with Crippen molar-refractivity contribution in [2.75, 3.05) is 19.0 Å². The SMILES string of the molecule is O=C(C1CC1c1ccccc1)N(CCCl)CC(F)(F)F. The van der Waals surface area contributed by atoms with Gasteiger partial charge in [0, 0.05) is 18.3 Å². The monoisotopic (exact) mass is 305 g/mol. The molecule has 2 unspecified atom stereocenters. The van der Waals surface area contributed by atoms with E-state index in [0.717, 1.165) is 10.5 Å². The summed E-state index contributed by atoms with van der Waals surface area (Å²) in [7, 11) is 0. The van der Waals surface area contributed by atoms with E-state index in [1.165, 1.54) is 0 Å². The normalized spacial score (nSPS) is 21.6. The fourth-order valence-corrected chi connectivity index (χ4v) is 2.56. The van der Waals surface area contributed by atoms with Crippen molar-refractivity contribution in [2.24, 2.45) is 5.92 Å². The number of hydrogen-bond donors (Lipinski definition) is 0. The Kier molecular flexibility index (Phi) is 4.58. The molecule has 2 nitrogen and oxygen atoms in total. The average molecular weight is 306 g/mol. The first-order chi connectivity index (χ1) is 9.42. The van der Waals surface area contributed by atoms with Crippen molar-refractivity contribution < 1.29 is 18.0 Å². The van der Waals surface area contributed by atoms with Crippen molar-refractivity contribution >= 4 is 17.5 Å². The minimum absolute atomic E-state index is 0.00451. The molecule has 0 heterocycles. The number of rotatable bonds is 5. The molecule has 1 fully saturated rings. The topological polar surface area (TPSA) is 20.3 Å². The minimum atomic E-state index is -4.39. The van der Waals surface area contributed by atoms with E-state index in [-0.39, 0.29) is 24.3 Å². The highest BCUT2D eigenvalue weighted by Crippen LogP contribution is 2.48. The van der Waals surface area contributed by atoms with Crippen LogP contribution in [0.25, 0.3) is 0 Å². The maximum absolute atomic E-state index is 12.5. The Morgan fingerprint density at radius 1 is 1.30 bits per heavy atom. The van der Waals surface area contributed by atoms with E-state index >= 15 is 0 Å². The van der Waals surface area contributed by atoms with Gasteiger partial charge in [-0.1, -0.05) is 30.3 Å². The largest absolute Gasteiger partial charge is 0.406 e. The second kappa shape index (κ2) is 6.04. The van der Waals surface area contributed by atoms with Crippen LogP contribution in [0.3, 0.4) is 0 Å². The van der Waals surface area contributed by atoms with Gasteiger partial charge in [0.2, 0.25) is 5.91 Å². The molecule has 2 atom stereocenters. The lowest BCUT2D eigenvalue weighted by Crippen LogP contribution is -2.41. The molecule has 0 saturated heterocycles. The van der Waals surface area contributed by atoms with E-state index < -0.39 is 18.6 Å². The lowest BCUT2D eigenvalue weighted by molar-refractivity contribution is -0.161. The van der Waals surface area contributed by atoms with Gasteiger partial charge in [-0.05, 0) is 17.9 Å². The number of amides is 1. The second-order valence-electron chi connectivity index (χ2n) is 4.92. The molecule has 0 aromatic heterocycles. The van der Waals surface area contributed by atoms with Gasteiger partial charge >= 0.3 is 6.18 Å². The predicted octanol–water partition coefficient (Wildman–Crippen LogP) is 3.42. The van der Waals surface area contributed by atoms with Crippen molar-refractivity contribution in [1.82, 2.24) is 4.90 Å². The first-order valence-electron chi connectivity index (χ1n) is 6.39. The lowest BCUT2D eigenvalue weighted by Gasteiger charge is -2.23. The molecule has 1 aromatic rings. The third-order valence-electron chi connectivity index (χ3n) is 3.37. The first kappa shape index (κ1) is 15.2. The summed E-state index contributed by atoms with van der Waals surface area (Å²) >= 11 is 5.49. The van der Waals surface area contributed by atoms with Crippen LogP contribution in [0.1, 0.15) is 17.9 Å². The van der Waals surface area contributed by atoms with Crippen LogP contribution >= 0.6 is 11.6 Å². The zero-order valence-electron chi connectivity index (χ0n) is 10.7. The lowest BCUT2D eigenvalue weighted by atomic mass is 10.1. The predicted molar refractivity (Wildman–Crippen MR) is 70.6 cm³/mol. The number of hydrogen-bond acceptors (Lipinski definition) is 1. The van der Waals surface area contributed by atoms with Crippen LogP contribution in [0.4, 0.5) is 13.2 Å². The standard InChI is InChI=1S/C14H15ClF3NO/c15-6-7-19(9-14(16,17)18)13(20)12-8-11(12)10-4-2-1-3-5-10/h1-5,11-12H,6-9H2. The highest BCUT2D eigenvalue weighted by Gasteiger charge is 2.47. The van der Waals surface area contributed by atoms with Crippen molar-refractivity contribution in [1.29, 1.82) is 0 Å². The van der Waals surface area contributed by atoms with Gasteiger partial charge in [-0.15, -0.1) is 11.6 Å². The number of halogens is 4. The van der Waals surface area contributed by atoms with E-state index in [2.05, 4.69) is 0 Å². The molecule has 1 aromatic carbocycles. The maximum Gasteiger partial charge on any atom is 0.406 e. The van der Waals surface area contributed by atoms with Crippen molar-refractivity contribution in [3.8, 4) is 0 Å². The van der Waals surface area contributed by atoms with Crippen LogP contribution < -0.4 is 0 Å². The summed E-state index contributed by atoms with van der Waals surface area (Å²) in [4.78, 5) is 12.9. The molecule has 0 bridgehead atoms. The summed E-state index contributed by atoms with van der Waals surface area (Å²) in [6, 6.07) is 9.39.